The minimum absolute atomic E-state index is 0.0714. The van der Waals surface area contributed by atoms with Crippen molar-refractivity contribution in [3.63, 3.8) is 0 Å². The average Bonchev–Trinajstić information content (AvgIpc) is 3.33. The van der Waals surface area contributed by atoms with Gasteiger partial charge in [0.15, 0.2) is 5.65 Å². The maximum absolute atomic E-state index is 14.5. The van der Waals surface area contributed by atoms with Crippen molar-refractivity contribution in [2.45, 2.75) is 37.9 Å². The third-order valence-corrected chi connectivity index (χ3v) is 8.89. The molecule has 5 aromatic rings. The van der Waals surface area contributed by atoms with Gasteiger partial charge in [-0.25, -0.2) is 9.37 Å². The SMILES string of the molecule is Cc1ccc2c(c1)c1nnc(SCCCCC(=O)N3CCN(c4ccc([N+](=O)[O-])cc4)CC3)nc1n2Cc1ccccc1F. The highest BCUT2D eigenvalue weighted by atomic mass is 32.2. The molecule has 1 aliphatic rings. The average molecular weight is 614 g/mol. The number of aryl methyl sites for hydroxylation is 1. The van der Waals surface area contributed by atoms with E-state index in [4.69, 9.17) is 4.98 Å². The number of aromatic nitrogens is 4. The quantitative estimate of drug-likeness (QED) is 0.0817. The predicted octanol–water partition coefficient (Wildman–Crippen LogP) is 5.99. The molecule has 12 heteroatoms. The van der Waals surface area contributed by atoms with E-state index >= 15 is 0 Å². The number of nitro groups is 1. The van der Waals surface area contributed by atoms with Crippen LogP contribution in [0.1, 0.15) is 30.4 Å². The third kappa shape index (κ3) is 6.35. The fourth-order valence-electron chi connectivity index (χ4n) is 5.57. The molecular weight excluding hydrogens is 581 g/mol. The van der Waals surface area contributed by atoms with Gasteiger partial charge in [-0.05, 0) is 50.1 Å². The van der Waals surface area contributed by atoms with Crippen molar-refractivity contribution in [2.75, 3.05) is 36.8 Å². The van der Waals surface area contributed by atoms with Crippen molar-refractivity contribution in [3.05, 3.63) is 93.8 Å². The van der Waals surface area contributed by atoms with E-state index in [1.54, 1.807) is 24.3 Å². The molecule has 0 saturated carbocycles. The number of piperazine rings is 1. The van der Waals surface area contributed by atoms with Crippen LogP contribution in [0, 0.1) is 22.9 Å². The van der Waals surface area contributed by atoms with Crippen LogP contribution in [0.15, 0.2) is 71.9 Å². The molecule has 0 aliphatic carbocycles. The number of unbranched alkanes of at least 4 members (excludes halogenated alkanes) is 1. The normalized spacial score (nSPS) is 13.6. The fraction of sp³-hybridized carbons (Fsp3) is 0.312. The van der Waals surface area contributed by atoms with Crippen LogP contribution >= 0.6 is 11.8 Å². The Hall–Kier alpha value is -4.58. The smallest absolute Gasteiger partial charge is 0.269 e. The van der Waals surface area contributed by atoms with Gasteiger partial charge in [0.2, 0.25) is 11.1 Å². The van der Waals surface area contributed by atoms with Crippen LogP contribution in [-0.4, -0.2) is 67.4 Å². The van der Waals surface area contributed by atoms with Gasteiger partial charge in [0.25, 0.3) is 5.69 Å². The molecule has 44 heavy (non-hydrogen) atoms. The number of benzene rings is 3. The van der Waals surface area contributed by atoms with Gasteiger partial charge >= 0.3 is 0 Å². The highest BCUT2D eigenvalue weighted by molar-refractivity contribution is 7.99. The number of hydrogen-bond acceptors (Lipinski definition) is 8. The number of non-ortho nitro benzene ring substituents is 1. The number of carbonyl (C=O) groups excluding carboxylic acids is 1. The Morgan fingerprint density at radius 3 is 2.52 bits per heavy atom. The van der Waals surface area contributed by atoms with Gasteiger partial charge in [-0.1, -0.05) is 41.6 Å². The monoisotopic (exact) mass is 613 g/mol. The van der Waals surface area contributed by atoms with Crippen LogP contribution in [-0.2, 0) is 11.3 Å². The molecule has 0 atom stereocenters. The summed E-state index contributed by atoms with van der Waals surface area (Å²) in [6.07, 6.45) is 2.07. The van der Waals surface area contributed by atoms with E-state index in [1.165, 1.54) is 30.0 Å². The molecule has 3 heterocycles. The highest BCUT2D eigenvalue weighted by Gasteiger charge is 2.22. The molecule has 3 aromatic carbocycles. The van der Waals surface area contributed by atoms with Crippen molar-refractivity contribution in [2.24, 2.45) is 0 Å². The summed E-state index contributed by atoms with van der Waals surface area (Å²) in [5.41, 5.74) is 4.99. The van der Waals surface area contributed by atoms with E-state index in [2.05, 4.69) is 21.2 Å². The first-order valence-electron chi connectivity index (χ1n) is 14.6. The number of hydrogen-bond donors (Lipinski definition) is 0. The Morgan fingerprint density at radius 1 is 1.00 bits per heavy atom. The number of anilines is 1. The van der Waals surface area contributed by atoms with Crippen LogP contribution in [0.2, 0.25) is 0 Å². The standard InChI is InChI=1S/C32H32FN7O3S/c1-22-9-14-28-26(20-22)30-31(39(28)21-23-6-2-3-7-27(23)33)34-32(36-35-30)44-19-5-4-8-29(41)38-17-15-37(16-18-38)24-10-12-25(13-11-24)40(42)43/h2-3,6-7,9-14,20H,4-5,8,15-19,21H2,1H3. The lowest BCUT2D eigenvalue weighted by Gasteiger charge is -2.36. The molecule has 6 rings (SSSR count). The van der Waals surface area contributed by atoms with Gasteiger partial charge in [0, 0.05) is 67.1 Å². The van der Waals surface area contributed by atoms with Crippen molar-refractivity contribution in [1.82, 2.24) is 24.6 Å². The van der Waals surface area contributed by atoms with Gasteiger partial charge in [-0.2, -0.15) is 0 Å². The largest absolute Gasteiger partial charge is 0.368 e. The molecule has 2 aromatic heterocycles. The van der Waals surface area contributed by atoms with Crippen LogP contribution in [0.3, 0.4) is 0 Å². The molecule has 0 unspecified atom stereocenters. The van der Waals surface area contributed by atoms with Crippen molar-refractivity contribution < 1.29 is 14.1 Å². The number of carbonyl (C=O) groups is 1. The number of nitro benzene ring substituents is 1. The first-order chi connectivity index (χ1) is 21.4. The Bertz CT molecular complexity index is 1820. The van der Waals surface area contributed by atoms with Crippen LogP contribution in [0.25, 0.3) is 22.1 Å². The zero-order chi connectivity index (χ0) is 30.6. The number of rotatable bonds is 10. The number of halogens is 1. The second-order valence-corrected chi connectivity index (χ2v) is 12.0. The summed E-state index contributed by atoms with van der Waals surface area (Å²) >= 11 is 1.51. The summed E-state index contributed by atoms with van der Waals surface area (Å²) in [6.45, 7) is 5.01. The molecule has 1 saturated heterocycles. The van der Waals surface area contributed by atoms with Crippen LogP contribution in [0.4, 0.5) is 15.8 Å². The first kappa shape index (κ1) is 29.5. The highest BCUT2D eigenvalue weighted by Crippen LogP contribution is 2.30. The van der Waals surface area contributed by atoms with E-state index < -0.39 is 4.92 Å². The summed E-state index contributed by atoms with van der Waals surface area (Å²) in [5, 5.41) is 21.3. The summed E-state index contributed by atoms with van der Waals surface area (Å²) in [7, 11) is 0. The zero-order valence-electron chi connectivity index (χ0n) is 24.4. The summed E-state index contributed by atoms with van der Waals surface area (Å²) in [4.78, 5) is 32.2. The maximum atomic E-state index is 14.5. The van der Waals surface area contributed by atoms with E-state index in [1.807, 2.05) is 34.6 Å². The van der Waals surface area contributed by atoms with E-state index in [0.29, 0.717) is 61.0 Å². The zero-order valence-corrected chi connectivity index (χ0v) is 25.2. The molecule has 0 radical (unpaired) electrons. The van der Waals surface area contributed by atoms with Crippen LogP contribution < -0.4 is 4.90 Å². The molecule has 1 fully saturated rings. The van der Waals surface area contributed by atoms with Crippen molar-refractivity contribution in [1.29, 1.82) is 0 Å². The third-order valence-electron chi connectivity index (χ3n) is 7.96. The van der Waals surface area contributed by atoms with Gasteiger partial charge in [-0.15, -0.1) is 10.2 Å². The molecule has 1 aliphatic heterocycles. The predicted molar refractivity (Wildman–Crippen MR) is 170 cm³/mol. The lowest BCUT2D eigenvalue weighted by molar-refractivity contribution is -0.384. The Balaban J connectivity index is 1.03. The number of amides is 1. The van der Waals surface area contributed by atoms with Crippen molar-refractivity contribution >= 4 is 51.1 Å². The lowest BCUT2D eigenvalue weighted by Crippen LogP contribution is -2.48. The first-order valence-corrected chi connectivity index (χ1v) is 15.6. The minimum Gasteiger partial charge on any atom is -0.368 e. The number of fused-ring (bicyclic) bond motifs is 3. The summed E-state index contributed by atoms with van der Waals surface area (Å²) in [6, 6.07) is 19.4. The molecule has 0 N–H and O–H groups in total. The Kier molecular flexibility index (Phi) is 8.69. The second kappa shape index (κ2) is 13.0. The van der Waals surface area contributed by atoms with Gasteiger partial charge in [0.05, 0.1) is 17.0 Å². The molecule has 0 bridgehead atoms. The van der Waals surface area contributed by atoms with E-state index in [-0.39, 0.29) is 17.4 Å². The van der Waals surface area contributed by atoms with E-state index in [0.717, 1.165) is 40.7 Å². The molecule has 226 valence electrons. The molecule has 0 spiro atoms. The molecular formula is C32H32FN7O3S. The summed E-state index contributed by atoms with van der Waals surface area (Å²) < 4.78 is 16.5. The Morgan fingerprint density at radius 2 is 1.77 bits per heavy atom. The molecule has 10 nitrogen and oxygen atoms in total. The fourth-order valence-corrected chi connectivity index (χ4v) is 6.35. The van der Waals surface area contributed by atoms with Gasteiger partial charge < -0.3 is 14.4 Å². The van der Waals surface area contributed by atoms with Gasteiger partial charge in [0.1, 0.15) is 11.3 Å². The van der Waals surface area contributed by atoms with E-state index in [9.17, 15) is 19.3 Å². The minimum atomic E-state index is -0.404. The second-order valence-electron chi connectivity index (χ2n) is 10.9. The summed E-state index contributed by atoms with van der Waals surface area (Å²) in [5.74, 6) is 0.638. The van der Waals surface area contributed by atoms with Crippen molar-refractivity contribution in [3.8, 4) is 0 Å². The molecule has 1 amide bonds. The Labute approximate surface area is 258 Å². The number of nitrogens with zero attached hydrogens (tertiary/aromatic N) is 7. The van der Waals surface area contributed by atoms with Gasteiger partial charge in [-0.3, -0.25) is 14.9 Å². The van der Waals surface area contributed by atoms with Crippen LogP contribution in [0.5, 0.6) is 0 Å². The number of thioether (sulfide) groups is 1. The maximum Gasteiger partial charge on any atom is 0.269 e. The lowest BCUT2D eigenvalue weighted by atomic mass is 10.1. The topological polar surface area (TPSA) is 110 Å².